The molecule has 0 spiro atoms. The summed E-state index contributed by atoms with van der Waals surface area (Å²) in [4.78, 5) is 10.6. The number of aliphatic carboxylic acids is 1. The van der Waals surface area contributed by atoms with Crippen LogP contribution in [0.3, 0.4) is 0 Å². The van der Waals surface area contributed by atoms with Gasteiger partial charge >= 0.3 is 5.97 Å². The molecule has 0 amide bonds. The molecule has 3 nitrogen and oxygen atoms in total. The number of hydrogen-bond donors (Lipinski definition) is 2. The Labute approximate surface area is 81.3 Å². The van der Waals surface area contributed by atoms with Crippen molar-refractivity contribution in [2.45, 2.75) is 12.8 Å². The molecule has 2 N–H and O–H groups in total. The van der Waals surface area contributed by atoms with Crippen molar-refractivity contribution < 1.29 is 15.0 Å². The van der Waals surface area contributed by atoms with Crippen LogP contribution >= 0.6 is 0 Å². The Morgan fingerprint density at radius 3 is 2.93 bits per heavy atom. The highest BCUT2D eigenvalue weighted by molar-refractivity contribution is 5.88. The highest BCUT2D eigenvalue weighted by atomic mass is 16.4. The molecule has 0 saturated carbocycles. The fourth-order valence-corrected chi connectivity index (χ4v) is 1.79. The maximum Gasteiger partial charge on any atom is 0.307 e. The minimum absolute atomic E-state index is 0.0232. The van der Waals surface area contributed by atoms with Crippen LogP contribution in [0.15, 0.2) is 24.3 Å². The van der Waals surface area contributed by atoms with Gasteiger partial charge in [-0.15, -0.1) is 0 Å². The van der Waals surface area contributed by atoms with Gasteiger partial charge in [-0.2, -0.15) is 0 Å². The third kappa shape index (κ3) is 1.37. The van der Waals surface area contributed by atoms with Crippen molar-refractivity contribution in [3.05, 3.63) is 35.4 Å². The van der Waals surface area contributed by atoms with E-state index in [1.165, 1.54) is 0 Å². The number of aromatic hydroxyl groups is 1. The van der Waals surface area contributed by atoms with E-state index in [1.54, 1.807) is 12.1 Å². The first-order chi connectivity index (χ1) is 6.68. The highest BCUT2D eigenvalue weighted by Gasteiger charge is 2.19. The molecule has 0 heterocycles. The van der Waals surface area contributed by atoms with Crippen LogP contribution in [0, 0.1) is 0 Å². The van der Waals surface area contributed by atoms with Gasteiger partial charge in [0.15, 0.2) is 0 Å². The van der Waals surface area contributed by atoms with Gasteiger partial charge in [0.1, 0.15) is 5.75 Å². The molecule has 1 aromatic rings. The molecule has 0 radical (unpaired) electrons. The number of carbonyl (C=O) groups is 1. The number of fused-ring (bicyclic) bond motifs is 1. The summed E-state index contributed by atoms with van der Waals surface area (Å²) in [7, 11) is 0. The molecule has 0 aliphatic heterocycles. The Kier molecular flexibility index (Phi) is 2.00. The zero-order chi connectivity index (χ0) is 10.1. The number of rotatable bonds is 2. The first kappa shape index (κ1) is 8.81. The lowest BCUT2D eigenvalue weighted by molar-refractivity contribution is -0.135. The molecule has 3 heteroatoms. The summed E-state index contributed by atoms with van der Waals surface area (Å²) < 4.78 is 0. The van der Waals surface area contributed by atoms with Gasteiger partial charge in [-0.25, -0.2) is 0 Å². The molecule has 0 aromatic heterocycles. The van der Waals surface area contributed by atoms with E-state index in [4.69, 9.17) is 5.11 Å². The molecular weight excluding hydrogens is 180 g/mol. The number of hydrogen-bond acceptors (Lipinski definition) is 2. The standard InChI is InChI=1S/C11H10O3/c12-9-3-1-2-7-4-5-8(11(7)9)6-10(13)14/h1-3,5,12H,4,6H2,(H,13,14). The maximum atomic E-state index is 10.6. The van der Waals surface area contributed by atoms with Crippen molar-refractivity contribution >= 4 is 11.5 Å². The van der Waals surface area contributed by atoms with Gasteiger partial charge in [-0.3, -0.25) is 4.79 Å². The van der Waals surface area contributed by atoms with E-state index in [0.29, 0.717) is 17.6 Å². The summed E-state index contributed by atoms with van der Waals surface area (Å²) in [6, 6.07) is 5.26. The van der Waals surface area contributed by atoms with Crippen LogP contribution < -0.4 is 0 Å². The first-order valence-corrected chi connectivity index (χ1v) is 4.40. The van der Waals surface area contributed by atoms with Crippen LogP contribution in [-0.2, 0) is 11.2 Å². The van der Waals surface area contributed by atoms with Crippen LogP contribution in [-0.4, -0.2) is 16.2 Å². The average molecular weight is 190 g/mol. The topological polar surface area (TPSA) is 57.5 Å². The molecule has 1 aliphatic carbocycles. The van der Waals surface area contributed by atoms with Gasteiger partial charge in [0.05, 0.1) is 6.42 Å². The van der Waals surface area contributed by atoms with Gasteiger partial charge in [0, 0.05) is 5.56 Å². The molecular formula is C11H10O3. The Balaban J connectivity index is 2.40. The molecule has 14 heavy (non-hydrogen) atoms. The number of phenols is 1. The molecule has 0 bridgehead atoms. The lowest BCUT2D eigenvalue weighted by Crippen LogP contribution is -1.96. The van der Waals surface area contributed by atoms with Crippen molar-refractivity contribution in [3.63, 3.8) is 0 Å². The van der Waals surface area contributed by atoms with Gasteiger partial charge in [0.25, 0.3) is 0 Å². The van der Waals surface area contributed by atoms with Crippen LogP contribution in [0.4, 0.5) is 0 Å². The minimum atomic E-state index is -0.868. The van der Waals surface area contributed by atoms with Crippen LogP contribution in [0.2, 0.25) is 0 Å². The lowest BCUT2D eigenvalue weighted by Gasteiger charge is -2.05. The lowest BCUT2D eigenvalue weighted by atomic mass is 10.0. The molecule has 1 aliphatic rings. The maximum absolute atomic E-state index is 10.6. The SMILES string of the molecule is O=C(O)CC1=CCc2cccc(O)c21. The molecule has 0 atom stereocenters. The molecule has 0 saturated heterocycles. The van der Waals surface area contributed by atoms with E-state index >= 15 is 0 Å². The number of carboxylic acid groups (broad SMARTS) is 1. The summed E-state index contributed by atoms with van der Waals surface area (Å²) in [5, 5.41) is 18.2. The molecule has 2 rings (SSSR count). The number of benzene rings is 1. The summed E-state index contributed by atoms with van der Waals surface area (Å²) in [5.74, 6) is -0.695. The van der Waals surface area contributed by atoms with Crippen LogP contribution in [0.5, 0.6) is 5.75 Å². The summed E-state index contributed by atoms with van der Waals surface area (Å²) in [6.45, 7) is 0. The predicted molar refractivity (Wildman–Crippen MR) is 52.0 cm³/mol. The largest absolute Gasteiger partial charge is 0.507 e. The quantitative estimate of drug-likeness (QED) is 0.747. The average Bonchev–Trinajstić information content (AvgIpc) is 2.49. The van der Waals surface area contributed by atoms with E-state index in [-0.39, 0.29) is 12.2 Å². The third-order valence-electron chi connectivity index (χ3n) is 2.36. The zero-order valence-electron chi connectivity index (χ0n) is 7.53. The normalized spacial score (nSPS) is 13.6. The van der Waals surface area contributed by atoms with E-state index in [2.05, 4.69) is 0 Å². The van der Waals surface area contributed by atoms with Crippen molar-refractivity contribution in [2.75, 3.05) is 0 Å². The van der Waals surface area contributed by atoms with Crippen molar-refractivity contribution in [1.82, 2.24) is 0 Å². The monoisotopic (exact) mass is 190 g/mol. The second-order valence-corrected chi connectivity index (χ2v) is 3.32. The zero-order valence-corrected chi connectivity index (χ0v) is 7.53. The molecule has 72 valence electrons. The van der Waals surface area contributed by atoms with Crippen LogP contribution in [0.1, 0.15) is 17.5 Å². The minimum Gasteiger partial charge on any atom is -0.507 e. The number of phenolic OH excluding ortho intramolecular Hbond substituents is 1. The van der Waals surface area contributed by atoms with Gasteiger partial charge in [-0.05, 0) is 23.6 Å². The molecule has 0 fully saturated rings. The molecule has 0 unspecified atom stereocenters. The fraction of sp³-hybridized carbons (Fsp3) is 0.182. The molecule has 1 aromatic carbocycles. The predicted octanol–water partition coefficient (Wildman–Crippen LogP) is 1.81. The fourth-order valence-electron chi connectivity index (χ4n) is 1.79. The van der Waals surface area contributed by atoms with E-state index in [0.717, 1.165) is 5.56 Å². The van der Waals surface area contributed by atoms with Crippen molar-refractivity contribution in [3.8, 4) is 5.75 Å². The van der Waals surface area contributed by atoms with E-state index in [1.807, 2.05) is 12.1 Å². The van der Waals surface area contributed by atoms with E-state index in [9.17, 15) is 9.90 Å². The highest BCUT2D eigenvalue weighted by Crippen LogP contribution is 2.35. The second-order valence-electron chi connectivity index (χ2n) is 3.32. The Bertz CT molecular complexity index is 419. The second kappa shape index (κ2) is 3.18. The Morgan fingerprint density at radius 2 is 2.21 bits per heavy atom. The first-order valence-electron chi connectivity index (χ1n) is 4.40. The number of allylic oxidation sites excluding steroid dienone is 1. The van der Waals surface area contributed by atoms with Gasteiger partial charge in [0.2, 0.25) is 0 Å². The summed E-state index contributed by atoms with van der Waals surface area (Å²) in [5.41, 5.74) is 2.42. The Hall–Kier alpha value is -1.77. The summed E-state index contributed by atoms with van der Waals surface area (Å²) >= 11 is 0. The Morgan fingerprint density at radius 1 is 1.43 bits per heavy atom. The van der Waals surface area contributed by atoms with Crippen molar-refractivity contribution in [1.29, 1.82) is 0 Å². The smallest absolute Gasteiger partial charge is 0.307 e. The van der Waals surface area contributed by atoms with Gasteiger partial charge in [-0.1, -0.05) is 18.2 Å². The van der Waals surface area contributed by atoms with Crippen molar-refractivity contribution in [2.24, 2.45) is 0 Å². The van der Waals surface area contributed by atoms with Gasteiger partial charge < -0.3 is 10.2 Å². The summed E-state index contributed by atoms with van der Waals surface area (Å²) in [6.07, 6.45) is 2.55. The number of carboxylic acids is 1. The van der Waals surface area contributed by atoms with Crippen LogP contribution in [0.25, 0.3) is 5.57 Å². The van der Waals surface area contributed by atoms with E-state index < -0.39 is 5.97 Å². The third-order valence-corrected chi connectivity index (χ3v) is 2.36.